The molecule has 32 heavy (non-hydrogen) atoms. The third-order valence-corrected chi connectivity index (χ3v) is 4.29. The Morgan fingerprint density at radius 2 is 1.56 bits per heavy atom. The summed E-state index contributed by atoms with van der Waals surface area (Å²) in [5, 5.41) is 0. The lowest BCUT2D eigenvalue weighted by atomic mass is 10.0. The molecule has 0 aromatic heterocycles. The number of esters is 3. The van der Waals surface area contributed by atoms with Crippen LogP contribution in [0.4, 0.5) is 0 Å². The number of rotatable bonds is 10. The van der Waals surface area contributed by atoms with E-state index < -0.39 is 29.1 Å². The van der Waals surface area contributed by atoms with E-state index in [1.54, 1.807) is 58.0 Å². The Morgan fingerprint density at radius 1 is 1.00 bits per heavy atom. The van der Waals surface area contributed by atoms with Gasteiger partial charge in [-0.3, -0.25) is 0 Å². The van der Waals surface area contributed by atoms with E-state index in [0.29, 0.717) is 16.9 Å². The molecular formula is C23H33NO8. The molecule has 0 aliphatic heterocycles. The molecule has 0 bridgehead atoms. The van der Waals surface area contributed by atoms with E-state index >= 15 is 0 Å². The van der Waals surface area contributed by atoms with Crippen LogP contribution in [-0.2, 0) is 28.5 Å². The number of hydrogen-bond donors (Lipinski definition) is 0. The highest BCUT2D eigenvalue weighted by Gasteiger charge is 2.50. The smallest absolute Gasteiger partial charge is 0.351 e. The molecule has 0 N–H and O–H groups in total. The van der Waals surface area contributed by atoms with E-state index in [1.807, 2.05) is 0 Å². The van der Waals surface area contributed by atoms with Crippen LogP contribution in [-0.4, -0.2) is 82.6 Å². The van der Waals surface area contributed by atoms with Crippen LogP contribution in [0.1, 0.15) is 36.7 Å². The van der Waals surface area contributed by atoms with Crippen LogP contribution in [0.25, 0.3) is 5.57 Å². The fraction of sp³-hybridized carbons (Fsp3) is 0.522. The molecule has 0 aliphatic rings. The van der Waals surface area contributed by atoms with Gasteiger partial charge < -0.3 is 28.6 Å². The molecule has 0 saturated carbocycles. The number of ether oxygens (including phenoxy) is 5. The van der Waals surface area contributed by atoms with Gasteiger partial charge in [-0.2, -0.15) is 0 Å². The van der Waals surface area contributed by atoms with Crippen molar-refractivity contribution in [2.75, 3.05) is 48.6 Å². The lowest BCUT2D eigenvalue weighted by Crippen LogP contribution is -2.57. The third-order valence-electron chi connectivity index (χ3n) is 4.29. The summed E-state index contributed by atoms with van der Waals surface area (Å²) in [7, 11) is 7.11. The molecule has 0 heterocycles. The van der Waals surface area contributed by atoms with Gasteiger partial charge in [-0.25, -0.2) is 14.4 Å². The summed E-state index contributed by atoms with van der Waals surface area (Å²) in [6.07, 6.45) is 0. The Hall–Kier alpha value is -2.91. The number of nitrogens with zero attached hydrogens (tertiary/aromatic N) is 1. The first-order chi connectivity index (χ1) is 14.8. The Morgan fingerprint density at radius 3 is 2.00 bits per heavy atom. The quantitative estimate of drug-likeness (QED) is 0.301. The number of methoxy groups -OCH3 is 3. The molecule has 0 atom stereocenters. The van der Waals surface area contributed by atoms with Crippen LogP contribution in [0.3, 0.4) is 0 Å². The monoisotopic (exact) mass is 451 g/mol. The van der Waals surface area contributed by atoms with Crippen LogP contribution in [0.2, 0.25) is 0 Å². The summed E-state index contributed by atoms with van der Waals surface area (Å²) in [6.45, 7) is 8.94. The van der Waals surface area contributed by atoms with Gasteiger partial charge >= 0.3 is 17.9 Å². The maximum atomic E-state index is 12.6. The van der Waals surface area contributed by atoms with E-state index in [0.717, 1.165) is 14.2 Å². The SMILES string of the molecule is C=C(COC(CN(C)C)(C(=O)OC)C(=O)OC)c1ccc(OC)c(C(=O)OC(C)(C)C)c1. The lowest BCUT2D eigenvalue weighted by molar-refractivity contribution is -0.188. The van der Waals surface area contributed by atoms with E-state index in [1.165, 1.54) is 7.11 Å². The molecule has 0 spiro atoms. The molecule has 0 saturated heterocycles. The van der Waals surface area contributed by atoms with Gasteiger partial charge in [0.15, 0.2) is 0 Å². The highest BCUT2D eigenvalue weighted by molar-refractivity contribution is 6.04. The fourth-order valence-corrected chi connectivity index (χ4v) is 2.87. The zero-order chi connectivity index (χ0) is 24.7. The molecular weight excluding hydrogens is 418 g/mol. The van der Waals surface area contributed by atoms with E-state index in [4.69, 9.17) is 23.7 Å². The normalized spacial score (nSPS) is 11.7. The fourth-order valence-electron chi connectivity index (χ4n) is 2.87. The summed E-state index contributed by atoms with van der Waals surface area (Å²) >= 11 is 0. The Labute approximate surface area is 189 Å². The lowest BCUT2D eigenvalue weighted by Gasteiger charge is -2.31. The minimum absolute atomic E-state index is 0.106. The van der Waals surface area contributed by atoms with Gasteiger partial charge in [0.1, 0.15) is 16.9 Å². The molecule has 9 heteroatoms. The average molecular weight is 452 g/mol. The number of benzene rings is 1. The van der Waals surface area contributed by atoms with E-state index in [2.05, 4.69) is 6.58 Å². The highest BCUT2D eigenvalue weighted by Crippen LogP contribution is 2.27. The zero-order valence-corrected chi connectivity index (χ0v) is 20.1. The van der Waals surface area contributed by atoms with Crippen molar-refractivity contribution in [3.63, 3.8) is 0 Å². The predicted molar refractivity (Wildman–Crippen MR) is 118 cm³/mol. The number of carbonyl (C=O) groups excluding carboxylic acids is 3. The van der Waals surface area contributed by atoms with Gasteiger partial charge in [0.25, 0.3) is 5.60 Å². The van der Waals surface area contributed by atoms with Crippen LogP contribution in [0.15, 0.2) is 24.8 Å². The first kappa shape index (κ1) is 27.1. The molecule has 1 aromatic rings. The van der Waals surface area contributed by atoms with Crippen molar-refractivity contribution in [1.29, 1.82) is 0 Å². The molecule has 0 fully saturated rings. The van der Waals surface area contributed by atoms with Crippen LogP contribution in [0, 0.1) is 0 Å². The van der Waals surface area contributed by atoms with Gasteiger partial charge in [-0.05, 0) is 58.1 Å². The first-order valence-corrected chi connectivity index (χ1v) is 9.86. The Bertz CT molecular complexity index is 838. The van der Waals surface area contributed by atoms with E-state index in [9.17, 15) is 14.4 Å². The van der Waals surface area contributed by atoms with Gasteiger partial charge in [-0.15, -0.1) is 0 Å². The van der Waals surface area contributed by atoms with Gasteiger partial charge in [-0.1, -0.05) is 12.6 Å². The van der Waals surface area contributed by atoms with Crippen molar-refractivity contribution in [3.8, 4) is 5.75 Å². The zero-order valence-electron chi connectivity index (χ0n) is 20.1. The van der Waals surface area contributed by atoms with Crippen molar-refractivity contribution in [2.24, 2.45) is 0 Å². The number of likely N-dealkylation sites (N-methyl/N-ethyl adjacent to an activating group) is 1. The maximum Gasteiger partial charge on any atom is 0.351 e. The molecule has 0 amide bonds. The maximum absolute atomic E-state index is 12.6. The number of hydrogen-bond acceptors (Lipinski definition) is 9. The summed E-state index contributed by atoms with van der Waals surface area (Å²) in [6, 6.07) is 4.85. The molecule has 9 nitrogen and oxygen atoms in total. The minimum Gasteiger partial charge on any atom is -0.496 e. The van der Waals surface area contributed by atoms with Crippen LogP contribution >= 0.6 is 0 Å². The molecule has 1 rings (SSSR count). The largest absolute Gasteiger partial charge is 0.496 e. The molecule has 1 aromatic carbocycles. The van der Waals surface area contributed by atoms with Gasteiger partial charge in [0.05, 0.1) is 27.9 Å². The Kier molecular flexibility index (Phi) is 9.41. The minimum atomic E-state index is -2.00. The second-order valence-electron chi connectivity index (χ2n) is 8.36. The predicted octanol–water partition coefficient (Wildman–Crippen LogP) is 2.33. The van der Waals surface area contributed by atoms with Crippen LogP contribution in [0.5, 0.6) is 5.75 Å². The van der Waals surface area contributed by atoms with Crippen LogP contribution < -0.4 is 4.74 Å². The summed E-state index contributed by atoms with van der Waals surface area (Å²) in [5.41, 5.74) is -1.53. The number of carbonyl (C=O) groups is 3. The molecule has 0 unspecified atom stereocenters. The van der Waals surface area contributed by atoms with E-state index in [-0.39, 0.29) is 18.7 Å². The topological polar surface area (TPSA) is 101 Å². The van der Waals surface area contributed by atoms with Gasteiger partial charge in [0.2, 0.25) is 0 Å². The second-order valence-corrected chi connectivity index (χ2v) is 8.36. The molecule has 0 aliphatic carbocycles. The molecule has 178 valence electrons. The standard InChI is InChI=1S/C23H33NO8/c1-15(13-31-23(14-24(5)6,20(26)29-8)21(27)30-9)16-10-11-18(28-7)17(12-16)19(25)32-22(2,3)4/h10-12H,1,13-14H2,2-9H3. The highest BCUT2D eigenvalue weighted by atomic mass is 16.6. The molecule has 0 radical (unpaired) electrons. The second kappa shape index (κ2) is 11.1. The summed E-state index contributed by atoms with van der Waals surface area (Å²) in [5.74, 6) is -2.01. The first-order valence-electron chi connectivity index (χ1n) is 9.86. The van der Waals surface area contributed by atoms with Crippen molar-refractivity contribution >= 4 is 23.5 Å². The summed E-state index contributed by atoms with van der Waals surface area (Å²) in [4.78, 5) is 39.2. The van der Waals surface area contributed by atoms with Crippen molar-refractivity contribution in [2.45, 2.75) is 32.0 Å². The third kappa shape index (κ3) is 6.80. The van der Waals surface area contributed by atoms with Crippen molar-refractivity contribution < 1.29 is 38.1 Å². The van der Waals surface area contributed by atoms with Crippen molar-refractivity contribution in [3.05, 3.63) is 35.9 Å². The van der Waals surface area contributed by atoms with Crippen molar-refractivity contribution in [1.82, 2.24) is 4.90 Å². The average Bonchev–Trinajstić information content (AvgIpc) is 2.73. The van der Waals surface area contributed by atoms with Gasteiger partial charge in [0, 0.05) is 6.54 Å². The Balaban J connectivity index is 3.24. The summed E-state index contributed by atoms with van der Waals surface area (Å²) < 4.78 is 26.1.